The highest BCUT2D eigenvalue weighted by Crippen LogP contribution is 2.27. The van der Waals surface area contributed by atoms with E-state index in [1.165, 1.54) is 0 Å². The summed E-state index contributed by atoms with van der Waals surface area (Å²) in [6.07, 6.45) is 4.85. The van der Waals surface area contributed by atoms with E-state index in [9.17, 15) is 4.79 Å². The van der Waals surface area contributed by atoms with Gasteiger partial charge in [0.25, 0.3) is 5.91 Å². The standard InChI is InChI=1S/C16H26N4O/c1-5-6-17-13-9-18-15(10(2)3)20-14(13)16(21)19-12-7-11(4)8-12/h9-12,17H,5-8H2,1-4H3,(H,19,21). The van der Waals surface area contributed by atoms with E-state index in [4.69, 9.17) is 0 Å². The summed E-state index contributed by atoms with van der Waals surface area (Å²) in [7, 11) is 0. The summed E-state index contributed by atoms with van der Waals surface area (Å²) in [6, 6.07) is 0.295. The van der Waals surface area contributed by atoms with Crippen LogP contribution in [0, 0.1) is 5.92 Å². The van der Waals surface area contributed by atoms with Crippen LogP contribution in [0.15, 0.2) is 6.20 Å². The molecular formula is C16H26N4O. The van der Waals surface area contributed by atoms with E-state index < -0.39 is 0 Å². The number of hydrogen-bond donors (Lipinski definition) is 2. The van der Waals surface area contributed by atoms with Gasteiger partial charge in [-0.25, -0.2) is 9.97 Å². The number of rotatable bonds is 6. The molecule has 1 aromatic heterocycles. The fraction of sp³-hybridized carbons (Fsp3) is 0.688. The van der Waals surface area contributed by atoms with Crippen molar-refractivity contribution in [1.29, 1.82) is 0 Å². The minimum atomic E-state index is -0.0881. The number of carbonyl (C=O) groups is 1. The zero-order chi connectivity index (χ0) is 15.4. The molecule has 0 atom stereocenters. The molecule has 21 heavy (non-hydrogen) atoms. The molecule has 1 saturated carbocycles. The molecule has 5 heteroatoms. The summed E-state index contributed by atoms with van der Waals surface area (Å²) in [4.78, 5) is 21.3. The minimum absolute atomic E-state index is 0.0881. The highest BCUT2D eigenvalue weighted by Gasteiger charge is 2.28. The smallest absolute Gasteiger partial charge is 0.272 e. The molecule has 1 amide bonds. The SMILES string of the molecule is CCCNc1cnc(C(C)C)nc1C(=O)NC1CC(C)C1. The van der Waals surface area contributed by atoms with Crippen LogP contribution in [0.2, 0.25) is 0 Å². The quantitative estimate of drug-likeness (QED) is 0.845. The van der Waals surface area contributed by atoms with Crippen molar-refractivity contribution in [1.82, 2.24) is 15.3 Å². The Hall–Kier alpha value is -1.65. The monoisotopic (exact) mass is 290 g/mol. The molecule has 1 aliphatic rings. The maximum absolute atomic E-state index is 12.5. The first kappa shape index (κ1) is 15.7. The molecule has 0 bridgehead atoms. The summed E-state index contributed by atoms with van der Waals surface area (Å²) in [5, 5.41) is 6.32. The Morgan fingerprint density at radius 2 is 2.14 bits per heavy atom. The highest BCUT2D eigenvalue weighted by atomic mass is 16.2. The zero-order valence-electron chi connectivity index (χ0n) is 13.4. The van der Waals surface area contributed by atoms with Crippen LogP contribution in [0.1, 0.15) is 69.2 Å². The van der Waals surface area contributed by atoms with E-state index >= 15 is 0 Å². The van der Waals surface area contributed by atoms with Gasteiger partial charge in [0.2, 0.25) is 0 Å². The van der Waals surface area contributed by atoms with Crippen molar-refractivity contribution in [3.8, 4) is 0 Å². The number of anilines is 1. The molecule has 1 aromatic rings. The summed E-state index contributed by atoms with van der Waals surface area (Å²) in [5.41, 5.74) is 1.20. The Kier molecular flexibility index (Phi) is 5.15. The molecule has 2 rings (SSSR count). The first-order valence-corrected chi connectivity index (χ1v) is 7.92. The second-order valence-electron chi connectivity index (χ2n) is 6.32. The highest BCUT2D eigenvalue weighted by molar-refractivity contribution is 5.97. The molecular weight excluding hydrogens is 264 g/mol. The number of amides is 1. The topological polar surface area (TPSA) is 66.9 Å². The van der Waals surface area contributed by atoms with Gasteiger partial charge in [-0.3, -0.25) is 4.79 Å². The van der Waals surface area contributed by atoms with Crippen molar-refractivity contribution in [2.45, 2.75) is 58.9 Å². The molecule has 5 nitrogen and oxygen atoms in total. The predicted octanol–water partition coefficient (Wildman–Crippen LogP) is 2.95. The lowest BCUT2D eigenvalue weighted by Crippen LogP contribution is -2.44. The first-order valence-electron chi connectivity index (χ1n) is 7.92. The fourth-order valence-electron chi connectivity index (χ4n) is 2.51. The van der Waals surface area contributed by atoms with Gasteiger partial charge >= 0.3 is 0 Å². The molecule has 0 saturated heterocycles. The lowest BCUT2D eigenvalue weighted by Gasteiger charge is -2.33. The van der Waals surface area contributed by atoms with Crippen LogP contribution >= 0.6 is 0 Å². The lowest BCUT2D eigenvalue weighted by molar-refractivity contribution is 0.0891. The van der Waals surface area contributed by atoms with Crippen molar-refractivity contribution in [2.75, 3.05) is 11.9 Å². The third-order valence-corrected chi connectivity index (χ3v) is 3.81. The molecule has 116 valence electrons. The van der Waals surface area contributed by atoms with E-state index in [1.54, 1.807) is 6.20 Å². The Bertz CT molecular complexity index is 495. The molecule has 1 aliphatic carbocycles. The number of nitrogens with zero attached hydrogens (tertiary/aromatic N) is 2. The number of nitrogens with one attached hydrogen (secondary N) is 2. The third kappa shape index (κ3) is 3.93. The van der Waals surface area contributed by atoms with Gasteiger partial charge in [0.1, 0.15) is 5.82 Å². The largest absolute Gasteiger partial charge is 0.382 e. The fourth-order valence-corrected chi connectivity index (χ4v) is 2.51. The Balaban J connectivity index is 2.16. The van der Waals surface area contributed by atoms with Crippen LogP contribution in [0.5, 0.6) is 0 Å². The Morgan fingerprint density at radius 1 is 1.43 bits per heavy atom. The number of aromatic nitrogens is 2. The van der Waals surface area contributed by atoms with Crippen LogP contribution in [0.25, 0.3) is 0 Å². The van der Waals surface area contributed by atoms with Crippen LogP contribution in [-0.2, 0) is 0 Å². The molecule has 0 unspecified atom stereocenters. The number of carbonyl (C=O) groups excluding carboxylic acids is 1. The summed E-state index contributed by atoms with van der Waals surface area (Å²) >= 11 is 0. The molecule has 2 N–H and O–H groups in total. The summed E-state index contributed by atoms with van der Waals surface area (Å²) < 4.78 is 0. The van der Waals surface area contributed by atoms with Gasteiger partial charge in [-0.05, 0) is 25.2 Å². The summed E-state index contributed by atoms with van der Waals surface area (Å²) in [6.45, 7) is 9.17. The van der Waals surface area contributed by atoms with Gasteiger partial charge < -0.3 is 10.6 Å². The third-order valence-electron chi connectivity index (χ3n) is 3.81. The van der Waals surface area contributed by atoms with Crippen molar-refractivity contribution in [3.63, 3.8) is 0 Å². The second kappa shape index (κ2) is 6.87. The molecule has 0 spiro atoms. The Morgan fingerprint density at radius 3 is 2.71 bits per heavy atom. The van der Waals surface area contributed by atoms with Gasteiger partial charge in [-0.2, -0.15) is 0 Å². The van der Waals surface area contributed by atoms with Crippen LogP contribution in [0.4, 0.5) is 5.69 Å². The second-order valence-corrected chi connectivity index (χ2v) is 6.32. The van der Waals surface area contributed by atoms with E-state index in [1.807, 2.05) is 13.8 Å². The van der Waals surface area contributed by atoms with Crippen molar-refractivity contribution < 1.29 is 4.79 Å². The molecule has 0 aromatic carbocycles. The average Bonchev–Trinajstić information content (AvgIpc) is 2.43. The van der Waals surface area contributed by atoms with Crippen LogP contribution in [-0.4, -0.2) is 28.5 Å². The maximum Gasteiger partial charge on any atom is 0.272 e. The van der Waals surface area contributed by atoms with E-state index in [-0.39, 0.29) is 11.8 Å². The van der Waals surface area contributed by atoms with Crippen molar-refractivity contribution >= 4 is 11.6 Å². The summed E-state index contributed by atoms with van der Waals surface area (Å²) in [5.74, 6) is 1.55. The minimum Gasteiger partial charge on any atom is -0.382 e. The van der Waals surface area contributed by atoms with E-state index in [0.717, 1.165) is 31.5 Å². The normalized spacial score (nSPS) is 21.0. The maximum atomic E-state index is 12.5. The van der Waals surface area contributed by atoms with Crippen LogP contribution < -0.4 is 10.6 Å². The molecule has 1 heterocycles. The van der Waals surface area contributed by atoms with Gasteiger partial charge in [0, 0.05) is 18.5 Å². The van der Waals surface area contributed by atoms with E-state index in [0.29, 0.717) is 23.5 Å². The van der Waals surface area contributed by atoms with Gasteiger partial charge in [-0.1, -0.05) is 27.7 Å². The predicted molar refractivity (Wildman–Crippen MR) is 84.6 cm³/mol. The molecule has 0 aliphatic heterocycles. The van der Waals surface area contributed by atoms with Gasteiger partial charge in [0.15, 0.2) is 5.69 Å². The van der Waals surface area contributed by atoms with Gasteiger partial charge in [-0.15, -0.1) is 0 Å². The van der Waals surface area contributed by atoms with Crippen molar-refractivity contribution in [2.24, 2.45) is 5.92 Å². The molecule has 1 fully saturated rings. The van der Waals surface area contributed by atoms with Crippen LogP contribution in [0.3, 0.4) is 0 Å². The zero-order valence-corrected chi connectivity index (χ0v) is 13.4. The van der Waals surface area contributed by atoms with Crippen molar-refractivity contribution in [3.05, 3.63) is 17.7 Å². The molecule has 0 radical (unpaired) electrons. The Labute approximate surface area is 127 Å². The first-order chi connectivity index (χ1) is 10.0. The average molecular weight is 290 g/mol. The number of hydrogen-bond acceptors (Lipinski definition) is 4. The van der Waals surface area contributed by atoms with Gasteiger partial charge in [0.05, 0.1) is 11.9 Å². The van der Waals surface area contributed by atoms with E-state index in [2.05, 4.69) is 34.4 Å². The lowest BCUT2D eigenvalue weighted by atomic mass is 9.82.